The molecule has 0 radical (unpaired) electrons. The number of carbonyl (C=O) groups excluding carboxylic acids is 2. The number of rotatable bonds is 9. The number of nitrogens with zero attached hydrogens (tertiary/aromatic N) is 2. The molecule has 0 saturated carbocycles. The number of hydrogen-bond donors (Lipinski definition) is 3. The second-order valence-corrected chi connectivity index (χ2v) is 9.52. The van der Waals surface area contributed by atoms with Gasteiger partial charge in [0, 0.05) is 43.6 Å². The average Bonchev–Trinajstić information content (AvgIpc) is 3.14. The predicted octanol–water partition coefficient (Wildman–Crippen LogP) is 4.68. The smallest absolute Gasteiger partial charge is 0.335 e. The number of benzene rings is 2. The number of carboxylic acids is 1. The number of fused-ring (bicyclic) bond motifs is 1. The molecular weight excluding hydrogens is 499 g/mol. The van der Waals surface area contributed by atoms with Crippen LogP contribution in [-0.2, 0) is 11.8 Å². The van der Waals surface area contributed by atoms with E-state index in [0.29, 0.717) is 34.1 Å². The molecule has 0 fully saturated rings. The minimum atomic E-state index is -1.02. The molecule has 0 bridgehead atoms. The highest BCUT2D eigenvalue weighted by Crippen LogP contribution is 2.32. The first-order valence-corrected chi connectivity index (χ1v) is 11.8. The van der Waals surface area contributed by atoms with Gasteiger partial charge >= 0.3 is 5.97 Å². The lowest BCUT2D eigenvalue weighted by Gasteiger charge is -2.22. The maximum absolute atomic E-state index is 13.3. The van der Waals surface area contributed by atoms with Crippen LogP contribution in [0.15, 0.2) is 42.5 Å². The van der Waals surface area contributed by atoms with Crippen LogP contribution in [0.1, 0.15) is 45.8 Å². The summed E-state index contributed by atoms with van der Waals surface area (Å²) in [6, 6.07) is 11.2. The molecule has 2 amide bonds. The molecule has 34 heavy (non-hydrogen) atoms. The van der Waals surface area contributed by atoms with Crippen molar-refractivity contribution in [1.82, 2.24) is 18.9 Å². The van der Waals surface area contributed by atoms with Gasteiger partial charge in [0.1, 0.15) is 5.69 Å². The monoisotopic (exact) mass is 522 g/mol. The number of carbonyl (C=O) groups is 3. The number of nitrogens with one attached hydrogen (secondary N) is 2. The van der Waals surface area contributed by atoms with Crippen molar-refractivity contribution in [2.45, 2.75) is 19.4 Å². The van der Waals surface area contributed by atoms with Crippen molar-refractivity contribution in [2.24, 2.45) is 7.05 Å². The van der Waals surface area contributed by atoms with Gasteiger partial charge in [-0.2, -0.15) is 0 Å². The zero-order chi connectivity index (χ0) is 25.0. The SMILES string of the molecule is CC(=O)NSN(C)CCC(NC(=O)c1cc2c(Cl)c(Cl)ccc2n1C)c1ccc(C(=O)O)cc1. The second-order valence-electron chi connectivity index (χ2n) is 7.73. The van der Waals surface area contributed by atoms with Crippen LogP contribution in [0.3, 0.4) is 0 Å². The Morgan fingerprint density at radius 2 is 1.82 bits per heavy atom. The highest BCUT2D eigenvalue weighted by molar-refractivity contribution is 7.95. The van der Waals surface area contributed by atoms with Crippen LogP contribution in [-0.4, -0.2) is 45.4 Å². The van der Waals surface area contributed by atoms with Crippen LogP contribution in [0.2, 0.25) is 10.0 Å². The summed E-state index contributed by atoms with van der Waals surface area (Å²) in [4.78, 5) is 35.7. The van der Waals surface area contributed by atoms with E-state index in [1.165, 1.54) is 19.1 Å². The van der Waals surface area contributed by atoms with Crippen molar-refractivity contribution < 1.29 is 19.5 Å². The minimum Gasteiger partial charge on any atom is -0.478 e. The third-order valence-electron chi connectivity index (χ3n) is 5.29. The Kier molecular flexibility index (Phi) is 8.48. The van der Waals surface area contributed by atoms with Gasteiger partial charge < -0.3 is 15.0 Å². The second kappa shape index (κ2) is 11.1. The lowest BCUT2D eigenvalue weighted by Crippen LogP contribution is -2.32. The Bertz CT molecular complexity index is 1230. The molecule has 8 nitrogen and oxygen atoms in total. The van der Waals surface area contributed by atoms with Crippen LogP contribution in [0.4, 0.5) is 0 Å². The molecule has 3 rings (SSSR count). The van der Waals surface area contributed by atoms with Crippen LogP contribution < -0.4 is 10.0 Å². The van der Waals surface area contributed by atoms with E-state index < -0.39 is 12.0 Å². The number of aryl methyl sites for hydroxylation is 1. The molecule has 1 unspecified atom stereocenters. The molecule has 2 aromatic carbocycles. The zero-order valence-electron chi connectivity index (χ0n) is 18.8. The van der Waals surface area contributed by atoms with Crippen LogP contribution in [0.5, 0.6) is 0 Å². The Labute approximate surface area is 211 Å². The highest BCUT2D eigenvalue weighted by atomic mass is 35.5. The third kappa shape index (κ3) is 6.04. The Morgan fingerprint density at radius 3 is 2.44 bits per heavy atom. The molecule has 1 aromatic heterocycles. The minimum absolute atomic E-state index is 0.160. The lowest BCUT2D eigenvalue weighted by atomic mass is 10.0. The molecule has 3 aromatic rings. The van der Waals surface area contributed by atoms with Crippen LogP contribution >= 0.6 is 35.3 Å². The van der Waals surface area contributed by atoms with E-state index >= 15 is 0 Å². The first kappa shape index (κ1) is 25.9. The largest absolute Gasteiger partial charge is 0.478 e. The summed E-state index contributed by atoms with van der Waals surface area (Å²) in [6.45, 7) is 1.96. The van der Waals surface area contributed by atoms with E-state index in [9.17, 15) is 19.5 Å². The van der Waals surface area contributed by atoms with Crippen molar-refractivity contribution >= 4 is 64.0 Å². The molecule has 180 valence electrons. The van der Waals surface area contributed by atoms with Gasteiger partial charge in [0.05, 0.1) is 21.7 Å². The summed E-state index contributed by atoms with van der Waals surface area (Å²) in [5.74, 6) is -1.50. The van der Waals surface area contributed by atoms with E-state index in [1.807, 2.05) is 11.4 Å². The standard InChI is InChI=1S/C23H24Cl2N4O4S/c1-13(30)27-34-28(2)11-10-18(14-4-6-15(7-5-14)23(32)33)26-22(31)20-12-16-19(29(20)3)9-8-17(24)21(16)25/h4-9,12,18H,10-11H2,1-3H3,(H,26,31)(H,27,30)(H,32,33). The summed E-state index contributed by atoms with van der Waals surface area (Å²) in [7, 11) is 3.60. The average molecular weight is 523 g/mol. The topological polar surface area (TPSA) is 104 Å². The first-order valence-electron chi connectivity index (χ1n) is 10.3. The maximum Gasteiger partial charge on any atom is 0.335 e. The molecule has 0 spiro atoms. The maximum atomic E-state index is 13.3. The van der Waals surface area contributed by atoms with Gasteiger partial charge in [-0.15, -0.1) is 0 Å². The molecule has 11 heteroatoms. The molecule has 0 aliphatic carbocycles. The van der Waals surface area contributed by atoms with Crippen LogP contribution in [0, 0.1) is 0 Å². The summed E-state index contributed by atoms with van der Waals surface area (Å²) in [5, 5.41) is 13.7. The Balaban J connectivity index is 1.85. The number of halogens is 2. The van der Waals surface area contributed by atoms with Crippen molar-refractivity contribution in [3.05, 3.63) is 69.3 Å². The fourth-order valence-corrected chi connectivity index (χ4v) is 4.34. The summed E-state index contributed by atoms with van der Waals surface area (Å²) < 4.78 is 6.24. The van der Waals surface area contributed by atoms with E-state index in [1.54, 1.807) is 41.9 Å². The van der Waals surface area contributed by atoms with Gasteiger partial charge in [-0.25, -0.2) is 9.10 Å². The molecule has 0 aliphatic heterocycles. The van der Waals surface area contributed by atoms with Gasteiger partial charge in [-0.1, -0.05) is 35.3 Å². The predicted molar refractivity (Wildman–Crippen MR) is 135 cm³/mol. The Hall–Kier alpha value is -2.72. The van der Waals surface area contributed by atoms with Crippen LogP contribution in [0.25, 0.3) is 10.9 Å². The summed E-state index contributed by atoms with van der Waals surface area (Å²) in [6.07, 6.45) is 0.512. The summed E-state index contributed by atoms with van der Waals surface area (Å²) in [5.41, 5.74) is 2.10. The molecule has 0 aliphatic rings. The van der Waals surface area contributed by atoms with Gasteiger partial charge in [-0.3, -0.25) is 14.3 Å². The molecule has 3 N–H and O–H groups in total. The summed E-state index contributed by atoms with van der Waals surface area (Å²) >= 11 is 13.6. The number of aromatic nitrogens is 1. The van der Waals surface area contributed by atoms with E-state index in [4.69, 9.17) is 23.2 Å². The number of aromatic carboxylic acids is 1. The van der Waals surface area contributed by atoms with Gasteiger partial charge in [-0.05, 0) is 49.4 Å². The molecule has 1 atom stereocenters. The lowest BCUT2D eigenvalue weighted by molar-refractivity contribution is -0.117. The fourth-order valence-electron chi connectivity index (χ4n) is 3.48. The number of carboxylic acid groups (broad SMARTS) is 1. The van der Waals surface area contributed by atoms with Crippen molar-refractivity contribution in [2.75, 3.05) is 13.6 Å². The molecular formula is C23H24Cl2N4O4S. The number of amides is 2. The molecule has 1 heterocycles. The van der Waals surface area contributed by atoms with Crippen molar-refractivity contribution in [1.29, 1.82) is 0 Å². The highest BCUT2D eigenvalue weighted by Gasteiger charge is 2.21. The van der Waals surface area contributed by atoms with Gasteiger partial charge in [0.25, 0.3) is 5.91 Å². The molecule has 0 saturated heterocycles. The zero-order valence-corrected chi connectivity index (χ0v) is 21.1. The first-order chi connectivity index (χ1) is 16.1. The van der Waals surface area contributed by atoms with E-state index in [2.05, 4.69) is 10.0 Å². The van der Waals surface area contributed by atoms with E-state index in [0.717, 1.165) is 23.2 Å². The van der Waals surface area contributed by atoms with E-state index in [-0.39, 0.29) is 17.4 Å². The normalized spacial score (nSPS) is 12.1. The van der Waals surface area contributed by atoms with Crippen molar-refractivity contribution in [3.8, 4) is 0 Å². The Morgan fingerprint density at radius 1 is 1.15 bits per heavy atom. The number of hydrogen-bond acceptors (Lipinski definition) is 5. The fraction of sp³-hybridized carbons (Fsp3) is 0.261. The van der Waals surface area contributed by atoms with Gasteiger partial charge in [0.15, 0.2) is 0 Å². The van der Waals surface area contributed by atoms with Gasteiger partial charge in [0.2, 0.25) is 5.91 Å². The third-order valence-corrected chi connectivity index (χ3v) is 6.98. The quantitative estimate of drug-likeness (QED) is 0.352. The van der Waals surface area contributed by atoms with Crippen molar-refractivity contribution in [3.63, 3.8) is 0 Å².